The maximum atomic E-state index is 12.1. The van der Waals surface area contributed by atoms with Gasteiger partial charge in [-0.05, 0) is 37.0 Å². The molecule has 0 aliphatic carbocycles. The standard InChI is InChI=1S/C17H22N4O/c1-12(2)7-8-18-16-11-19-15(10-20-16)17(22)21-14-6-4-5-13(3)9-14/h4-6,9-12H,7-8H2,1-3H3,(H,18,20)(H,21,22). The van der Waals surface area contributed by atoms with Crippen molar-refractivity contribution < 1.29 is 4.79 Å². The van der Waals surface area contributed by atoms with Crippen LogP contribution in [0.5, 0.6) is 0 Å². The van der Waals surface area contributed by atoms with E-state index in [0.717, 1.165) is 24.2 Å². The molecular weight excluding hydrogens is 276 g/mol. The molecule has 2 aromatic rings. The minimum atomic E-state index is -0.258. The number of hydrogen-bond donors (Lipinski definition) is 2. The summed E-state index contributed by atoms with van der Waals surface area (Å²) in [5.41, 5.74) is 2.15. The van der Waals surface area contributed by atoms with Crippen LogP contribution in [0.2, 0.25) is 0 Å². The van der Waals surface area contributed by atoms with E-state index in [2.05, 4.69) is 34.4 Å². The van der Waals surface area contributed by atoms with E-state index in [-0.39, 0.29) is 5.91 Å². The fourth-order valence-electron chi connectivity index (χ4n) is 1.94. The van der Waals surface area contributed by atoms with Crippen molar-refractivity contribution >= 4 is 17.4 Å². The zero-order valence-corrected chi connectivity index (χ0v) is 13.3. The van der Waals surface area contributed by atoms with Crippen LogP contribution in [-0.2, 0) is 0 Å². The number of carbonyl (C=O) groups is 1. The normalized spacial score (nSPS) is 10.5. The van der Waals surface area contributed by atoms with E-state index in [0.29, 0.717) is 17.4 Å². The van der Waals surface area contributed by atoms with Crippen molar-refractivity contribution in [3.8, 4) is 0 Å². The Labute approximate surface area is 131 Å². The van der Waals surface area contributed by atoms with Crippen LogP contribution in [0.3, 0.4) is 0 Å². The first-order valence-electron chi connectivity index (χ1n) is 7.48. The molecule has 0 atom stereocenters. The first-order chi connectivity index (χ1) is 10.5. The second-order valence-corrected chi connectivity index (χ2v) is 5.72. The first-order valence-corrected chi connectivity index (χ1v) is 7.48. The van der Waals surface area contributed by atoms with E-state index in [9.17, 15) is 4.79 Å². The van der Waals surface area contributed by atoms with Crippen LogP contribution in [0.4, 0.5) is 11.5 Å². The summed E-state index contributed by atoms with van der Waals surface area (Å²) in [7, 11) is 0. The smallest absolute Gasteiger partial charge is 0.275 e. The highest BCUT2D eigenvalue weighted by molar-refractivity contribution is 6.02. The highest BCUT2D eigenvalue weighted by Gasteiger charge is 2.08. The number of anilines is 2. The van der Waals surface area contributed by atoms with Crippen LogP contribution in [0.1, 0.15) is 36.3 Å². The lowest BCUT2D eigenvalue weighted by Crippen LogP contribution is -2.15. The van der Waals surface area contributed by atoms with Crippen molar-refractivity contribution in [3.05, 3.63) is 47.9 Å². The quantitative estimate of drug-likeness (QED) is 0.856. The number of benzene rings is 1. The fraction of sp³-hybridized carbons (Fsp3) is 0.353. The molecule has 22 heavy (non-hydrogen) atoms. The number of aromatic nitrogens is 2. The second kappa shape index (κ2) is 7.54. The molecule has 0 aliphatic rings. The Kier molecular flexibility index (Phi) is 5.47. The van der Waals surface area contributed by atoms with E-state index < -0.39 is 0 Å². The summed E-state index contributed by atoms with van der Waals surface area (Å²) in [5, 5.41) is 6.01. The average Bonchev–Trinajstić information content (AvgIpc) is 2.47. The summed E-state index contributed by atoms with van der Waals surface area (Å²) in [6, 6.07) is 7.64. The number of hydrogen-bond acceptors (Lipinski definition) is 4. The average molecular weight is 298 g/mol. The summed E-state index contributed by atoms with van der Waals surface area (Å²) in [6.07, 6.45) is 4.14. The number of rotatable bonds is 6. The minimum Gasteiger partial charge on any atom is -0.369 e. The summed E-state index contributed by atoms with van der Waals surface area (Å²) in [6.45, 7) is 7.17. The van der Waals surface area contributed by atoms with E-state index in [1.54, 1.807) is 6.20 Å². The van der Waals surface area contributed by atoms with Crippen LogP contribution in [-0.4, -0.2) is 22.4 Å². The van der Waals surface area contributed by atoms with Gasteiger partial charge in [0.15, 0.2) is 0 Å². The molecule has 0 radical (unpaired) electrons. The number of nitrogens with zero attached hydrogens (tertiary/aromatic N) is 2. The van der Waals surface area contributed by atoms with Crippen LogP contribution in [0, 0.1) is 12.8 Å². The summed E-state index contributed by atoms with van der Waals surface area (Å²) >= 11 is 0. The molecule has 5 nitrogen and oxygen atoms in total. The Morgan fingerprint density at radius 2 is 2.05 bits per heavy atom. The SMILES string of the molecule is Cc1cccc(NC(=O)c2cnc(NCCC(C)C)cn2)c1. The highest BCUT2D eigenvalue weighted by atomic mass is 16.1. The third-order valence-electron chi connectivity index (χ3n) is 3.19. The summed E-state index contributed by atoms with van der Waals surface area (Å²) in [4.78, 5) is 20.5. The van der Waals surface area contributed by atoms with Gasteiger partial charge in [-0.1, -0.05) is 26.0 Å². The van der Waals surface area contributed by atoms with Crippen LogP contribution in [0.25, 0.3) is 0 Å². The molecule has 5 heteroatoms. The third kappa shape index (κ3) is 4.84. The first kappa shape index (κ1) is 15.9. The van der Waals surface area contributed by atoms with E-state index >= 15 is 0 Å². The van der Waals surface area contributed by atoms with Crippen molar-refractivity contribution in [2.45, 2.75) is 27.2 Å². The monoisotopic (exact) mass is 298 g/mol. The van der Waals surface area contributed by atoms with Crippen molar-refractivity contribution in [2.75, 3.05) is 17.2 Å². The zero-order chi connectivity index (χ0) is 15.9. The van der Waals surface area contributed by atoms with Crippen LogP contribution < -0.4 is 10.6 Å². The van der Waals surface area contributed by atoms with Gasteiger partial charge in [0, 0.05) is 12.2 Å². The lowest BCUT2D eigenvalue weighted by atomic mass is 10.1. The molecule has 116 valence electrons. The lowest BCUT2D eigenvalue weighted by molar-refractivity contribution is 0.102. The van der Waals surface area contributed by atoms with Gasteiger partial charge in [0.1, 0.15) is 11.5 Å². The number of carbonyl (C=O) groups excluding carboxylic acids is 1. The summed E-state index contributed by atoms with van der Waals surface area (Å²) in [5.74, 6) is 1.07. The molecule has 0 unspecified atom stereocenters. The molecular formula is C17H22N4O. The topological polar surface area (TPSA) is 66.9 Å². The largest absolute Gasteiger partial charge is 0.369 e. The lowest BCUT2D eigenvalue weighted by Gasteiger charge is -2.08. The van der Waals surface area contributed by atoms with Gasteiger partial charge in [-0.15, -0.1) is 0 Å². The Hall–Kier alpha value is -2.43. The predicted molar refractivity (Wildman–Crippen MR) is 89.1 cm³/mol. The minimum absolute atomic E-state index is 0.258. The Bertz CT molecular complexity index is 623. The number of nitrogens with one attached hydrogen (secondary N) is 2. The van der Waals surface area contributed by atoms with Gasteiger partial charge in [0.2, 0.25) is 0 Å². The molecule has 0 spiro atoms. The van der Waals surface area contributed by atoms with Crippen LogP contribution >= 0.6 is 0 Å². The summed E-state index contributed by atoms with van der Waals surface area (Å²) < 4.78 is 0. The Morgan fingerprint density at radius 1 is 1.23 bits per heavy atom. The third-order valence-corrected chi connectivity index (χ3v) is 3.19. The van der Waals surface area contributed by atoms with Gasteiger partial charge in [-0.3, -0.25) is 4.79 Å². The van der Waals surface area contributed by atoms with E-state index in [1.807, 2.05) is 31.2 Å². The number of amides is 1. The van der Waals surface area contributed by atoms with Crippen molar-refractivity contribution in [3.63, 3.8) is 0 Å². The predicted octanol–water partition coefficient (Wildman–Crippen LogP) is 3.50. The molecule has 0 saturated heterocycles. The van der Waals surface area contributed by atoms with Gasteiger partial charge in [0.05, 0.1) is 12.4 Å². The molecule has 1 aromatic carbocycles. The molecule has 0 aliphatic heterocycles. The van der Waals surface area contributed by atoms with Gasteiger partial charge in [0.25, 0.3) is 5.91 Å². The van der Waals surface area contributed by atoms with Gasteiger partial charge in [-0.25, -0.2) is 9.97 Å². The maximum absolute atomic E-state index is 12.1. The van der Waals surface area contributed by atoms with Gasteiger partial charge >= 0.3 is 0 Å². The molecule has 0 bridgehead atoms. The molecule has 1 aromatic heterocycles. The fourth-order valence-corrected chi connectivity index (χ4v) is 1.94. The molecule has 0 saturated carbocycles. The molecule has 0 fully saturated rings. The Morgan fingerprint density at radius 3 is 2.68 bits per heavy atom. The van der Waals surface area contributed by atoms with E-state index in [4.69, 9.17) is 0 Å². The van der Waals surface area contributed by atoms with Crippen molar-refractivity contribution in [2.24, 2.45) is 5.92 Å². The highest BCUT2D eigenvalue weighted by Crippen LogP contribution is 2.11. The number of aryl methyl sites for hydroxylation is 1. The van der Waals surface area contributed by atoms with Crippen molar-refractivity contribution in [1.29, 1.82) is 0 Å². The second-order valence-electron chi connectivity index (χ2n) is 5.72. The van der Waals surface area contributed by atoms with Gasteiger partial charge in [-0.2, -0.15) is 0 Å². The molecule has 1 heterocycles. The van der Waals surface area contributed by atoms with Crippen LogP contribution in [0.15, 0.2) is 36.7 Å². The maximum Gasteiger partial charge on any atom is 0.275 e. The zero-order valence-electron chi connectivity index (χ0n) is 13.3. The molecule has 2 rings (SSSR count). The Balaban J connectivity index is 1.93. The van der Waals surface area contributed by atoms with E-state index in [1.165, 1.54) is 6.20 Å². The van der Waals surface area contributed by atoms with Gasteiger partial charge < -0.3 is 10.6 Å². The molecule has 1 amide bonds. The van der Waals surface area contributed by atoms with Crippen molar-refractivity contribution in [1.82, 2.24) is 9.97 Å². The molecule has 2 N–H and O–H groups in total.